The maximum Gasteiger partial charge on any atom is 0.262 e. The number of para-hydroxylation sites is 1. The van der Waals surface area contributed by atoms with Gasteiger partial charge < -0.3 is 15.0 Å². The van der Waals surface area contributed by atoms with Gasteiger partial charge in [-0.15, -0.1) is 0 Å². The quantitative estimate of drug-likeness (QED) is 0.436. The molecule has 30 heavy (non-hydrogen) atoms. The third kappa shape index (κ3) is 5.49. The number of amides is 2. The summed E-state index contributed by atoms with van der Waals surface area (Å²) in [6, 6.07) is 20.0. The number of hydrogen-bond acceptors (Lipinski definition) is 3. The van der Waals surface area contributed by atoms with Crippen LogP contribution in [-0.2, 0) is 4.79 Å². The van der Waals surface area contributed by atoms with Gasteiger partial charge in [0.15, 0.2) is 6.61 Å². The van der Waals surface area contributed by atoms with Crippen LogP contribution in [0.4, 0.5) is 11.4 Å². The van der Waals surface area contributed by atoms with Crippen molar-refractivity contribution >= 4 is 55.0 Å². The summed E-state index contributed by atoms with van der Waals surface area (Å²) in [5.41, 5.74) is 2.70. The minimum atomic E-state index is -0.315. The maximum absolute atomic E-state index is 12.8. The Morgan fingerprint density at radius 3 is 2.43 bits per heavy atom. The van der Waals surface area contributed by atoms with Crippen molar-refractivity contribution in [1.82, 2.24) is 0 Å². The molecule has 0 spiro atoms. The largest absolute Gasteiger partial charge is 0.482 e. The van der Waals surface area contributed by atoms with E-state index in [9.17, 15) is 9.59 Å². The van der Waals surface area contributed by atoms with Crippen molar-refractivity contribution in [3.63, 3.8) is 0 Å². The summed E-state index contributed by atoms with van der Waals surface area (Å²) in [4.78, 5) is 26.7. The van der Waals surface area contributed by atoms with Gasteiger partial charge in [0.25, 0.3) is 11.8 Å². The Kier molecular flexibility index (Phi) is 7.29. The molecule has 154 valence electrons. The first-order valence-electron chi connectivity index (χ1n) is 9.16. The monoisotopic (exact) mass is 530 g/mol. The number of carbonyl (C=O) groups excluding carboxylic acids is 2. The standard InChI is InChI=1S/C23H20Br2N2O3/c1-15-11-17(24)13-20(25)22(15)30-14-21(28)26-18-8-6-7-16(12-18)23(29)27(2)19-9-4-3-5-10-19/h3-13H,14H2,1-2H3,(H,26,28). The number of ether oxygens (including phenoxy) is 1. The molecule has 3 aromatic rings. The fraction of sp³-hybridized carbons (Fsp3) is 0.130. The minimum Gasteiger partial charge on any atom is -0.482 e. The molecule has 0 fully saturated rings. The SMILES string of the molecule is Cc1cc(Br)cc(Br)c1OCC(=O)Nc1cccc(C(=O)N(C)c2ccccc2)c1. The summed E-state index contributed by atoms with van der Waals surface area (Å²) >= 11 is 6.86. The molecule has 0 aliphatic rings. The highest BCUT2D eigenvalue weighted by Gasteiger charge is 2.15. The number of aryl methyl sites for hydroxylation is 1. The molecule has 0 bridgehead atoms. The van der Waals surface area contributed by atoms with Crippen molar-refractivity contribution in [1.29, 1.82) is 0 Å². The molecule has 7 heteroatoms. The summed E-state index contributed by atoms with van der Waals surface area (Å²) < 4.78 is 7.36. The van der Waals surface area contributed by atoms with Crippen LogP contribution in [0.3, 0.4) is 0 Å². The molecular formula is C23H20Br2N2O3. The Morgan fingerprint density at radius 2 is 1.73 bits per heavy atom. The molecule has 0 saturated heterocycles. The van der Waals surface area contributed by atoms with Crippen molar-refractivity contribution in [3.8, 4) is 5.75 Å². The maximum atomic E-state index is 12.8. The molecule has 0 aliphatic carbocycles. The van der Waals surface area contributed by atoms with Gasteiger partial charge in [-0.2, -0.15) is 0 Å². The minimum absolute atomic E-state index is 0.150. The van der Waals surface area contributed by atoms with Crippen LogP contribution >= 0.6 is 31.9 Å². The molecule has 3 aromatic carbocycles. The number of carbonyl (C=O) groups is 2. The normalized spacial score (nSPS) is 10.4. The number of nitrogens with one attached hydrogen (secondary N) is 1. The van der Waals surface area contributed by atoms with Crippen LogP contribution in [0.15, 0.2) is 75.7 Å². The van der Waals surface area contributed by atoms with Crippen LogP contribution in [0.2, 0.25) is 0 Å². The summed E-state index contributed by atoms with van der Waals surface area (Å²) in [6.45, 7) is 1.75. The third-order valence-corrected chi connectivity index (χ3v) is 5.43. The van der Waals surface area contributed by atoms with Crippen LogP contribution in [0.25, 0.3) is 0 Å². The van der Waals surface area contributed by atoms with Gasteiger partial charge in [0, 0.05) is 28.5 Å². The fourth-order valence-corrected chi connectivity index (χ4v) is 4.45. The Bertz CT molecular complexity index is 1050. The van der Waals surface area contributed by atoms with E-state index in [-0.39, 0.29) is 18.4 Å². The Hall–Kier alpha value is -2.64. The van der Waals surface area contributed by atoms with Crippen molar-refractivity contribution in [2.75, 3.05) is 23.9 Å². The van der Waals surface area contributed by atoms with E-state index >= 15 is 0 Å². The smallest absolute Gasteiger partial charge is 0.262 e. The van der Waals surface area contributed by atoms with Crippen LogP contribution in [0, 0.1) is 6.92 Å². The lowest BCUT2D eigenvalue weighted by Gasteiger charge is -2.18. The first-order chi connectivity index (χ1) is 14.3. The van der Waals surface area contributed by atoms with Gasteiger partial charge in [0.05, 0.1) is 4.47 Å². The number of halogens is 2. The van der Waals surface area contributed by atoms with Crippen LogP contribution in [-0.4, -0.2) is 25.5 Å². The zero-order chi connectivity index (χ0) is 21.7. The molecule has 0 aromatic heterocycles. The van der Waals surface area contributed by atoms with Gasteiger partial charge in [-0.3, -0.25) is 9.59 Å². The predicted molar refractivity (Wildman–Crippen MR) is 126 cm³/mol. The van der Waals surface area contributed by atoms with Gasteiger partial charge >= 0.3 is 0 Å². The summed E-state index contributed by atoms with van der Waals surface area (Å²) in [5, 5.41) is 2.78. The van der Waals surface area contributed by atoms with E-state index in [0.717, 1.165) is 20.2 Å². The van der Waals surface area contributed by atoms with Crippen molar-refractivity contribution in [3.05, 3.63) is 86.8 Å². The molecule has 5 nitrogen and oxygen atoms in total. The number of anilines is 2. The summed E-state index contributed by atoms with van der Waals surface area (Å²) in [6.07, 6.45) is 0. The molecule has 0 saturated carbocycles. The topological polar surface area (TPSA) is 58.6 Å². The summed E-state index contributed by atoms with van der Waals surface area (Å²) in [5.74, 6) is 0.134. The number of nitrogens with zero attached hydrogens (tertiary/aromatic N) is 1. The second kappa shape index (κ2) is 9.91. The lowest BCUT2D eigenvalue weighted by atomic mass is 10.1. The first-order valence-corrected chi connectivity index (χ1v) is 10.7. The van der Waals surface area contributed by atoms with Gasteiger partial charge in [-0.25, -0.2) is 0 Å². The average molecular weight is 532 g/mol. The predicted octanol–water partition coefficient (Wildman–Crippen LogP) is 5.81. The molecule has 0 radical (unpaired) electrons. The second-order valence-corrected chi connectivity index (χ2v) is 8.42. The van der Waals surface area contributed by atoms with Crippen molar-refractivity contribution in [2.45, 2.75) is 6.92 Å². The highest BCUT2D eigenvalue weighted by molar-refractivity contribution is 9.11. The van der Waals surface area contributed by atoms with Gasteiger partial charge in [-0.05, 0) is 70.9 Å². The van der Waals surface area contributed by atoms with Gasteiger partial charge in [-0.1, -0.05) is 40.2 Å². The van der Waals surface area contributed by atoms with Gasteiger partial charge in [0.2, 0.25) is 0 Å². The second-order valence-electron chi connectivity index (χ2n) is 6.65. The van der Waals surface area contributed by atoms with Crippen LogP contribution in [0.1, 0.15) is 15.9 Å². The van der Waals surface area contributed by atoms with E-state index in [0.29, 0.717) is 17.0 Å². The van der Waals surface area contributed by atoms with E-state index in [2.05, 4.69) is 37.2 Å². The zero-order valence-electron chi connectivity index (χ0n) is 16.5. The number of rotatable bonds is 6. The van der Waals surface area contributed by atoms with Crippen LogP contribution in [0.5, 0.6) is 5.75 Å². The molecule has 2 amide bonds. The van der Waals surface area contributed by atoms with Gasteiger partial charge in [0.1, 0.15) is 5.75 Å². The molecule has 1 N–H and O–H groups in total. The van der Waals surface area contributed by atoms with E-state index < -0.39 is 0 Å². The number of hydrogen-bond donors (Lipinski definition) is 1. The third-order valence-electron chi connectivity index (χ3n) is 4.38. The Balaban J connectivity index is 1.65. The van der Waals surface area contributed by atoms with E-state index in [1.165, 1.54) is 0 Å². The van der Waals surface area contributed by atoms with E-state index in [1.807, 2.05) is 49.4 Å². The van der Waals surface area contributed by atoms with Crippen molar-refractivity contribution in [2.24, 2.45) is 0 Å². The number of benzene rings is 3. The highest BCUT2D eigenvalue weighted by atomic mass is 79.9. The lowest BCUT2D eigenvalue weighted by Crippen LogP contribution is -2.26. The molecule has 0 unspecified atom stereocenters. The molecular weight excluding hydrogens is 512 g/mol. The fourth-order valence-electron chi connectivity index (χ4n) is 2.90. The Labute approximate surface area is 192 Å². The average Bonchev–Trinajstić information content (AvgIpc) is 2.72. The molecule has 3 rings (SSSR count). The molecule has 0 heterocycles. The zero-order valence-corrected chi connectivity index (χ0v) is 19.7. The van der Waals surface area contributed by atoms with Crippen LogP contribution < -0.4 is 15.0 Å². The van der Waals surface area contributed by atoms with Crippen molar-refractivity contribution < 1.29 is 14.3 Å². The first kappa shape index (κ1) is 22.1. The van der Waals surface area contributed by atoms with E-state index in [1.54, 1.807) is 36.2 Å². The Morgan fingerprint density at radius 1 is 1.00 bits per heavy atom. The molecule has 0 atom stereocenters. The highest BCUT2D eigenvalue weighted by Crippen LogP contribution is 2.32. The van der Waals surface area contributed by atoms with E-state index in [4.69, 9.17) is 4.74 Å². The summed E-state index contributed by atoms with van der Waals surface area (Å²) in [7, 11) is 1.72. The molecule has 0 aliphatic heterocycles. The lowest BCUT2D eigenvalue weighted by molar-refractivity contribution is -0.118.